The zero-order chi connectivity index (χ0) is 6.69. The molecule has 1 aromatic rings. The molecule has 0 aliphatic heterocycles. The van der Waals surface area contributed by atoms with Crippen LogP contribution in [0.4, 0.5) is 0 Å². The van der Waals surface area contributed by atoms with Gasteiger partial charge in [-0.25, -0.2) is 0 Å². The Bertz CT molecular complexity index is 185. The Morgan fingerprint density at radius 1 is 1.89 bits per heavy atom. The molecule has 0 N–H and O–H groups in total. The minimum absolute atomic E-state index is 0.361. The first-order valence-corrected chi connectivity index (χ1v) is 3.26. The van der Waals surface area contributed by atoms with E-state index in [9.17, 15) is 4.79 Å². The lowest BCUT2D eigenvalue weighted by Gasteiger charge is -1.89. The summed E-state index contributed by atoms with van der Waals surface area (Å²) >= 11 is 3.06. The van der Waals surface area contributed by atoms with E-state index in [1.807, 2.05) is 0 Å². The summed E-state index contributed by atoms with van der Waals surface area (Å²) in [5.41, 5.74) is 0. The summed E-state index contributed by atoms with van der Waals surface area (Å²) in [6.45, 7) is 0. The van der Waals surface area contributed by atoms with Crippen molar-refractivity contribution < 1.29 is 9.32 Å². The minimum Gasteiger partial charge on any atom is -0.360 e. The van der Waals surface area contributed by atoms with Gasteiger partial charge >= 0.3 is 0 Å². The number of carbonyl (C=O) groups excluding carboxylic acids is 1. The third-order valence-corrected chi connectivity index (χ3v) is 1.52. The second-order valence-electron chi connectivity index (χ2n) is 1.45. The van der Waals surface area contributed by atoms with Crippen LogP contribution in [-0.4, -0.2) is 11.4 Å². The number of rotatable bonds is 2. The fraction of sp³-hybridized carbons (Fsp3) is 0.200. The van der Waals surface area contributed by atoms with Crippen LogP contribution < -0.4 is 0 Å². The Labute approximate surface area is 60.2 Å². The van der Waals surface area contributed by atoms with Crippen LogP contribution in [0, 0.1) is 0 Å². The Kier molecular flexibility index (Phi) is 2.00. The van der Waals surface area contributed by atoms with Crippen LogP contribution in [0.1, 0.15) is 10.6 Å². The molecular formula is C5H4BrNO2. The highest BCUT2D eigenvalue weighted by Crippen LogP contribution is 2.18. The Balaban J connectivity index is 2.76. The lowest BCUT2D eigenvalue weighted by molar-refractivity contribution is -0.107. The van der Waals surface area contributed by atoms with Gasteiger partial charge in [-0.3, -0.25) is 0 Å². The molecule has 4 heteroatoms. The van der Waals surface area contributed by atoms with Crippen LogP contribution in [0.3, 0.4) is 0 Å². The van der Waals surface area contributed by atoms with Crippen molar-refractivity contribution in [3.8, 4) is 0 Å². The number of alkyl halides is 1. The predicted octanol–water partition coefficient (Wildman–Crippen LogP) is 1.31. The maximum atomic E-state index is 10.1. The summed E-state index contributed by atoms with van der Waals surface area (Å²) in [7, 11) is 0. The van der Waals surface area contributed by atoms with E-state index >= 15 is 0 Å². The molecule has 1 unspecified atom stereocenters. The van der Waals surface area contributed by atoms with Crippen molar-refractivity contribution >= 4 is 22.2 Å². The number of hydrogen-bond acceptors (Lipinski definition) is 3. The number of aromatic nitrogens is 1. The molecule has 1 atom stereocenters. The van der Waals surface area contributed by atoms with E-state index in [4.69, 9.17) is 0 Å². The van der Waals surface area contributed by atoms with E-state index in [0.717, 1.165) is 6.29 Å². The number of nitrogens with zero attached hydrogens (tertiary/aromatic N) is 1. The van der Waals surface area contributed by atoms with Gasteiger partial charge in [-0.15, -0.1) is 0 Å². The Morgan fingerprint density at radius 3 is 3.11 bits per heavy atom. The van der Waals surface area contributed by atoms with E-state index in [-0.39, 0.29) is 4.83 Å². The maximum absolute atomic E-state index is 10.1. The van der Waals surface area contributed by atoms with E-state index in [1.54, 1.807) is 6.07 Å². The van der Waals surface area contributed by atoms with Crippen LogP contribution in [0.2, 0.25) is 0 Å². The number of aldehydes is 1. The van der Waals surface area contributed by atoms with Crippen molar-refractivity contribution in [3.63, 3.8) is 0 Å². The van der Waals surface area contributed by atoms with E-state index < -0.39 is 0 Å². The summed E-state index contributed by atoms with van der Waals surface area (Å²) in [5, 5.41) is 3.43. The van der Waals surface area contributed by atoms with Crippen LogP contribution in [0.15, 0.2) is 16.8 Å². The third-order valence-electron chi connectivity index (χ3n) is 0.849. The van der Waals surface area contributed by atoms with Gasteiger partial charge in [0.2, 0.25) is 0 Å². The quantitative estimate of drug-likeness (QED) is 0.521. The van der Waals surface area contributed by atoms with Gasteiger partial charge < -0.3 is 9.32 Å². The zero-order valence-electron chi connectivity index (χ0n) is 4.45. The molecule has 0 fully saturated rings. The molecule has 0 aliphatic carbocycles. The molecule has 0 saturated carbocycles. The average molecular weight is 190 g/mol. The van der Waals surface area contributed by atoms with Gasteiger partial charge in [0.05, 0.1) is 6.20 Å². The van der Waals surface area contributed by atoms with E-state index in [1.165, 1.54) is 6.20 Å². The Hall–Kier alpha value is -0.640. The van der Waals surface area contributed by atoms with Crippen molar-refractivity contribution in [3.05, 3.63) is 18.0 Å². The number of halogens is 1. The molecule has 0 amide bonds. The van der Waals surface area contributed by atoms with Crippen LogP contribution in [0.5, 0.6) is 0 Å². The molecule has 48 valence electrons. The monoisotopic (exact) mass is 189 g/mol. The highest BCUT2D eigenvalue weighted by molar-refractivity contribution is 9.09. The maximum Gasteiger partial charge on any atom is 0.157 e. The van der Waals surface area contributed by atoms with Gasteiger partial charge in [-0.1, -0.05) is 21.1 Å². The lowest BCUT2D eigenvalue weighted by atomic mass is 10.4. The van der Waals surface area contributed by atoms with Gasteiger partial charge in [-0.05, 0) is 0 Å². The van der Waals surface area contributed by atoms with Gasteiger partial charge in [0.15, 0.2) is 5.76 Å². The molecule has 0 saturated heterocycles. The topological polar surface area (TPSA) is 43.1 Å². The van der Waals surface area contributed by atoms with Crippen LogP contribution in [0.25, 0.3) is 0 Å². The van der Waals surface area contributed by atoms with Gasteiger partial charge in [0.25, 0.3) is 0 Å². The molecule has 0 radical (unpaired) electrons. The van der Waals surface area contributed by atoms with Gasteiger partial charge in [0.1, 0.15) is 11.1 Å². The molecule has 1 heterocycles. The SMILES string of the molecule is O=CC(Br)c1ccno1. The summed E-state index contributed by atoms with van der Waals surface area (Å²) in [5.74, 6) is 0.532. The first-order valence-electron chi connectivity index (χ1n) is 2.34. The smallest absolute Gasteiger partial charge is 0.157 e. The Morgan fingerprint density at radius 2 is 2.67 bits per heavy atom. The number of carbonyl (C=O) groups is 1. The van der Waals surface area contributed by atoms with Crippen LogP contribution in [-0.2, 0) is 4.79 Å². The van der Waals surface area contributed by atoms with Gasteiger partial charge in [0, 0.05) is 6.07 Å². The standard InChI is InChI=1S/C5H4BrNO2/c6-4(3-8)5-1-2-7-9-5/h1-4H. The molecule has 0 spiro atoms. The second-order valence-corrected chi connectivity index (χ2v) is 2.44. The fourth-order valence-electron chi connectivity index (χ4n) is 0.435. The zero-order valence-corrected chi connectivity index (χ0v) is 6.04. The highest BCUT2D eigenvalue weighted by Gasteiger charge is 2.07. The molecule has 1 rings (SSSR count). The highest BCUT2D eigenvalue weighted by atomic mass is 79.9. The third kappa shape index (κ3) is 1.38. The second kappa shape index (κ2) is 2.77. The van der Waals surface area contributed by atoms with Crippen molar-refractivity contribution in [1.82, 2.24) is 5.16 Å². The molecule has 0 bridgehead atoms. The van der Waals surface area contributed by atoms with Crippen LogP contribution >= 0.6 is 15.9 Å². The first-order chi connectivity index (χ1) is 4.34. The fourth-order valence-corrected chi connectivity index (χ4v) is 0.671. The number of hydrogen-bond donors (Lipinski definition) is 0. The van der Waals surface area contributed by atoms with Crippen molar-refractivity contribution in [1.29, 1.82) is 0 Å². The van der Waals surface area contributed by atoms with Crippen molar-refractivity contribution in [2.45, 2.75) is 4.83 Å². The minimum atomic E-state index is -0.361. The molecule has 1 aromatic heterocycles. The van der Waals surface area contributed by atoms with Crippen molar-refractivity contribution in [2.75, 3.05) is 0 Å². The summed E-state index contributed by atoms with van der Waals surface area (Å²) in [4.78, 5) is 9.71. The summed E-state index contributed by atoms with van der Waals surface area (Å²) in [6.07, 6.45) is 2.23. The van der Waals surface area contributed by atoms with Crippen molar-refractivity contribution in [2.24, 2.45) is 0 Å². The van der Waals surface area contributed by atoms with E-state index in [0.29, 0.717) is 5.76 Å². The normalized spacial score (nSPS) is 13.0. The lowest BCUT2D eigenvalue weighted by Crippen LogP contribution is -1.85. The van der Waals surface area contributed by atoms with Gasteiger partial charge in [-0.2, -0.15) is 0 Å². The molecule has 0 aromatic carbocycles. The average Bonchev–Trinajstić information content (AvgIpc) is 2.37. The molecule has 3 nitrogen and oxygen atoms in total. The molecular weight excluding hydrogens is 186 g/mol. The van der Waals surface area contributed by atoms with E-state index in [2.05, 4.69) is 25.6 Å². The molecule has 0 aliphatic rings. The first kappa shape index (κ1) is 6.48. The largest absolute Gasteiger partial charge is 0.360 e. The summed E-state index contributed by atoms with van der Waals surface area (Å²) in [6, 6.07) is 1.63. The predicted molar refractivity (Wildman–Crippen MR) is 34.2 cm³/mol. The summed E-state index contributed by atoms with van der Waals surface area (Å²) < 4.78 is 4.66. The molecule has 9 heavy (non-hydrogen) atoms.